The second-order valence-corrected chi connectivity index (χ2v) is 10.1. The summed E-state index contributed by atoms with van der Waals surface area (Å²) in [7, 11) is 2.85. The van der Waals surface area contributed by atoms with Crippen molar-refractivity contribution >= 4 is 22.7 Å². The van der Waals surface area contributed by atoms with Crippen molar-refractivity contribution in [2.45, 2.75) is 51.2 Å². The minimum atomic E-state index is -0.379. The molecule has 220 valence electrons. The number of aryl methyl sites for hydroxylation is 1. The fourth-order valence-corrected chi connectivity index (χ4v) is 4.96. The molecule has 10 nitrogen and oxygen atoms in total. The van der Waals surface area contributed by atoms with Crippen LogP contribution in [-0.4, -0.2) is 49.1 Å². The molecule has 1 heterocycles. The summed E-state index contributed by atoms with van der Waals surface area (Å²) in [6, 6.07) is 15.3. The summed E-state index contributed by atoms with van der Waals surface area (Å²) in [6.45, 7) is 0.256. The third-order valence-electron chi connectivity index (χ3n) is 7.18. The van der Waals surface area contributed by atoms with Crippen molar-refractivity contribution in [2.24, 2.45) is 0 Å². The number of phenols is 1. The van der Waals surface area contributed by atoms with Gasteiger partial charge in [0.05, 0.1) is 24.2 Å². The van der Waals surface area contributed by atoms with Crippen LogP contribution in [0.15, 0.2) is 59.1 Å². The van der Waals surface area contributed by atoms with Crippen molar-refractivity contribution in [1.29, 1.82) is 0 Å². The normalized spacial score (nSPS) is 13.3. The van der Waals surface area contributed by atoms with Crippen LogP contribution in [0.25, 0.3) is 11.0 Å². The van der Waals surface area contributed by atoms with Crippen molar-refractivity contribution in [2.75, 3.05) is 21.0 Å². The van der Waals surface area contributed by atoms with Crippen LogP contribution in [0, 0.1) is 0 Å². The molecule has 1 aromatic heterocycles. The lowest BCUT2D eigenvalue weighted by molar-refractivity contribution is -0.140. The quantitative estimate of drug-likeness (QED) is 0.120. The van der Waals surface area contributed by atoms with Gasteiger partial charge in [0.25, 0.3) is 5.88 Å². The van der Waals surface area contributed by atoms with E-state index >= 15 is 0 Å². The molecule has 1 fully saturated rings. The van der Waals surface area contributed by atoms with Crippen LogP contribution in [0.4, 0.5) is 0 Å². The zero-order valence-corrected chi connectivity index (χ0v) is 23.6. The van der Waals surface area contributed by atoms with Gasteiger partial charge in [-0.1, -0.05) is 6.07 Å². The maximum Gasteiger partial charge on any atom is 0.305 e. The Morgan fingerprint density at radius 2 is 1.83 bits per heavy atom. The van der Waals surface area contributed by atoms with Crippen molar-refractivity contribution in [3.63, 3.8) is 0 Å². The lowest BCUT2D eigenvalue weighted by Crippen LogP contribution is -2.11. The minimum Gasteiger partial charge on any atom is -0.507 e. The number of fused-ring (bicyclic) bond motifs is 1. The molecule has 0 radical (unpaired) electrons. The number of esters is 1. The number of ether oxygens (including phenoxy) is 5. The first-order valence-electron chi connectivity index (χ1n) is 13.8. The zero-order valence-electron chi connectivity index (χ0n) is 23.6. The van der Waals surface area contributed by atoms with Crippen LogP contribution in [0.2, 0.25) is 0 Å². The first kappa shape index (κ1) is 28.9. The molecule has 5 rings (SSSR count). The van der Waals surface area contributed by atoms with Gasteiger partial charge in [-0.25, -0.2) is 0 Å². The van der Waals surface area contributed by atoms with E-state index in [9.17, 15) is 14.7 Å². The van der Waals surface area contributed by atoms with E-state index in [0.29, 0.717) is 45.9 Å². The zero-order chi connectivity index (χ0) is 29.5. The fourth-order valence-electron chi connectivity index (χ4n) is 4.96. The van der Waals surface area contributed by atoms with E-state index in [1.807, 2.05) is 12.1 Å². The van der Waals surface area contributed by atoms with E-state index in [4.69, 9.17) is 28.2 Å². The maximum absolute atomic E-state index is 13.4. The van der Waals surface area contributed by atoms with E-state index in [2.05, 4.69) is 5.16 Å². The van der Waals surface area contributed by atoms with Crippen molar-refractivity contribution < 1.29 is 42.9 Å². The van der Waals surface area contributed by atoms with E-state index < -0.39 is 0 Å². The fraction of sp³-hybridized carbons (Fsp3) is 0.344. The van der Waals surface area contributed by atoms with Crippen LogP contribution in [-0.2, 0) is 27.3 Å². The molecule has 1 aliphatic carbocycles. The molecule has 1 N–H and O–H groups in total. The number of carbonyl (C=O) groups is 2. The summed E-state index contributed by atoms with van der Waals surface area (Å²) in [5.41, 5.74) is 2.53. The summed E-state index contributed by atoms with van der Waals surface area (Å²) in [4.78, 5) is 25.3. The lowest BCUT2D eigenvalue weighted by Gasteiger charge is -2.15. The number of aromatic nitrogens is 1. The summed E-state index contributed by atoms with van der Waals surface area (Å²) in [5, 5.41) is 15.3. The monoisotopic (exact) mass is 575 g/mol. The smallest absolute Gasteiger partial charge is 0.305 e. The van der Waals surface area contributed by atoms with Gasteiger partial charge >= 0.3 is 5.97 Å². The number of aromatic hydroxyl groups is 1. The van der Waals surface area contributed by atoms with Crippen molar-refractivity contribution in [3.05, 3.63) is 76.9 Å². The average Bonchev–Trinajstić information content (AvgIpc) is 3.67. The Kier molecular flexibility index (Phi) is 9.23. The minimum absolute atomic E-state index is 0.0547. The van der Waals surface area contributed by atoms with Crippen molar-refractivity contribution in [1.82, 2.24) is 5.16 Å². The highest BCUT2D eigenvalue weighted by Gasteiger charge is 2.20. The highest BCUT2D eigenvalue weighted by Crippen LogP contribution is 2.32. The maximum atomic E-state index is 13.4. The predicted octanol–water partition coefficient (Wildman–Crippen LogP) is 5.75. The van der Waals surface area contributed by atoms with Crippen LogP contribution < -0.4 is 14.2 Å². The van der Waals surface area contributed by atoms with Gasteiger partial charge in [-0.15, -0.1) is 0 Å². The highest BCUT2D eigenvalue weighted by molar-refractivity contribution is 6.11. The van der Waals surface area contributed by atoms with Gasteiger partial charge in [-0.05, 0) is 90.9 Å². The van der Waals surface area contributed by atoms with Gasteiger partial charge in [-0.2, -0.15) is 0 Å². The molecule has 0 atom stereocenters. The van der Waals surface area contributed by atoms with E-state index in [-0.39, 0.29) is 49.0 Å². The summed E-state index contributed by atoms with van der Waals surface area (Å²) < 4.78 is 32.6. The number of hydrogen-bond donors (Lipinski definition) is 1. The first-order valence-corrected chi connectivity index (χ1v) is 13.8. The largest absolute Gasteiger partial charge is 0.507 e. The number of methoxy groups -OCH3 is 2. The van der Waals surface area contributed by atoms with Crippen LogP contribution >= 0.6 is 0 Å². The second kappa shape index (κ2) is 13.4. The molecule has 0 unspecified atom stereocenters. The molecule has 3 aromatic carbocycles. The standard InChI is InChI=1S/C32H33NO9/c1-37-19-40-32-26-11-7-20(15-29(26)42-33-32)18-39-28-13-8-22(16-21(28)9-14-30(35)38-2)31(36)25-12-10-24(17-27(25)34)41-23-5-3-4-6-23/h7-8,10-13,15-17,23,34H,3-6,9,14,18-19H2,1-2H3. The average molecular weight is 576 g/mol. The molecule has 10 heteroatoms. The molecule has 0 spiro atoms. The second-order valence-electron chi connectivity index (χ2n) is 10.1. The number of nitrogens with zero attached hydrogens (tertiary/aromatic N) is 1. The van der Waals surface area contributed by atoms with Gasteiger partial charge in [0.15, 0.2) is 18.2 Å². The molecule has 1 saturated carbocycles. The first-order chi connectivity index (χ1) is 20.4. The third-order valence-corrected chi connectivity index (χ3v) is 7.18. The molecule has 0 aliphatic heterocycles. The Morgan fingerprint density at radius 3 is 2.60 bits per heavy atom. The molecule has 0 saturated heterocycles. The van der Waals surface area contributed by atoms with Crippen LogP contribution in [0.1, 0.15) is 59.2 Å². The van der Waals surface area contributed by atoms with E-state index in [1.165, 1.54) is 20.3 Å². The SMILES string of the molecule is COCOc1noc2cc(COc3ccc(C(=O)c4ccc(OC5CCCC5)cc4O)cc3CCC(=O)OC)ccc12. The lowest BCUT2D eigenvalue weighted by atomic mass is 9.98. The van der Waals surface area contributed by atoms with Gasteiger partial charge in [-0.3, -0.25) is 9.59 Å². The van der Waals surface area contributed by atoms with Gasteiger partial charge in [0.2, 0.25) is 0 Å². The molecule has 4 aromatic rings. The number of ketones is 1. The number of phenolic OH excluding ortho intramolecular Hbond substituents is 1. The molecule has 1 aliphatic rings. The predicted molar refractivity (Wildman–Crippen MR) is 152 cm³/mol. The Bertz CT molecular complexity index is 1560. The number of rotatable bonds is 13. The molecular formula is C32H33NO9. The molecule has 0 amide bonds. The van der Waals surface area contributed by atoms with Crippen LogP contribution in [0.3, 0.4) is 0 Å². The molecular weight excluding hydrogens is 542 g/mol. The molecule has 0 bridgehead atoms. The summed E-state index contributed by atoms with van der Waals surface area (Å²) in [5.74, 6) is 0.517. The number of benzene rings is 3. The Morgan fingerprint density at radius 1 is 1.00 bits per heavy atom. The van der Waals surface area contributed by atoms with E-state index in [1.54, 1.807) is 36.4 Å². The summed E-state index contributed by atoms with van der Waals surface area (Å²) >= 11 is 0. The van der Waals surface area contributed by atoms with Gasteiger partial charge in [0.1, 0.15) is 23.9 Å². The number of hydrogen-bond acceptors (Lipinski definition) is 10. The Hall–Kier alpha value is -4.57. The van der Waals surface area contributed by atoms with Gasteiger partial charge < -0.3 is 33.3 Å². The van der Waals surface area contributed by atoms with E-state index in [0.717, 1.165) is 31.2 Å². The van der Waals surface area contributed by atoms with Crippen LogP contribution in [0.5, 0.6) is 23.1 Å². The van der Waals surface area contributed by atoms with Crippen molar-refractivity contribution in [3.8, 4) is 23.1 Å². The van der Waals surface area contributed by atoms with Gasteiger partial charge in [0, 0.05) is 25.2 Å². The topological polar surface area (TPSA) is 127 Å². The molecule has 42 heavy (non-hydrogen) atoms. The number of carbonyl (C=O) groups excluding carboxylic acids is 2. The Balaban J connectivity index is 1.33. The Labute approximate surface area is 243 Å². The summed E-state index contributed by atoms with van der Waals surface area (Å²) in [6.07, 6.45) is 4.79. The third kappa shape index (κ3) is 6.83. The highest BCUT2D eigenvalue weighted by atomic mass is 16.7.